The van der Waals surface area contributed by atoms with Gasteiger partial charge in [0, 0.05) is 52.5 Å². The van der Waals surface area contributed by atoms with Gasteiger partial charge in [0.15, 0.2) is 0 Å². The van der Waals surface area contributed by atoms with Gasteiger partial charge in [-0.2, -0.15) is 0 Å². The quantitative estimate of drug-likeness (QED) is 0.781. The Kier molecular flexibility index (Phi) is 6.60. The van der Waals surface area contributed by atoms with Gasteiger partial charge in [0.25, 0.3) is 0 Å². The Morgan fingerprint density at radius 1 is 1.15 bits per heavy atom. The third-order valence-electron chi connectivity index (χ3n) is 4.49. The summed E-state index contributed by atoms with van der Waals surface area (Å²) in [7, 11) is 1.69. The number of rotatable bonds is 5. The molecule has 1 N–H and O–H groups in total. The van der Waals surface area contributed by atoms with Crippen LogP contribution in [-0.2, 0) is 4.74 Å². The second-order valence-electron chi connectivity index (χ2n) is 5.89. The van der Waals surface area contributed by atoms with Crippen LogP contribution in [0.5, 0.6) is 0 Å². The van der Waals surface area contributed by atoms with Crippen LogP contribution in [0.3, 0.4) is 0 Å². The highest BCUT2D eigenvalue weighted by molar-refractivity contribution is 5.74. The molecule has 5 nitrogen and oxygen atoms in total. The lowest BCUT2D eigenvalue weighted by Crippen LogP contribution is -2.54. The van der Waals surface area contributed by atoms with Crippen molar-refractivity contribution < 1.29 is 9.53 Å². The Morgan fingerprint density at radius 2 is 1.85 bits per heavy atom. The summed E-state index contributed by atoms with van der Waals surface area (Å²) in [5.41, 5.74) is 0. The summed E-state index contributed by atoms with van der Waals surface area (Å²) in [5.74, 6) is 0. The summed E-state index contributed by atoms with van der Waals surface area (Å²) in [5, 5.41) is 2.97. The molecule has 116 valence electrons. The van der Waals surface area contributed by atoms with Crippen LogP contribution < -0.4 is 5.32 Å². The van der Waals surface area contributed by atoms with E-state index in [4.69, 9.17) is 4.74 Å². The molecule has 0 atom stereocenters. The fourth-order valence-electron chi connectivity index (χ4n) is 3.26. The minimum atomic E-state index is 0.0874. The first-order valence-electron chi connectivity index (χ1n) is 8.07. The maximum atomic E-state index is 12.0. The fourth-order valence-corrected chi connectivity index (χ4v) is 3.26. The monoisotopic (exact) mass is 283 g/mol. The highest BCUT2D eigenvalue weighted by Crippen LogP contribution is 2.23. The number of nitrogens with one attached hydrogen (secondary N) is 1. The first-order chi connectivity index (χ1) is 9.81. The third-order valence-corrected chi connectivity index (χ3v) is 4.49. The molecule has 1 saturated heterocycles. The molecule has 2 amide bonds. The zero-order valence-electron chi connectivity index (χ0n) is 12.8. The number of urea groups is 1. The van der Waals surface area contributed by atoms with Crippen molar-refractivity contribution in [3.63, 3.8) is 0 Å². The van der Waals surface area contributed by atoms with Crippen molar-refractivity contribution in [1.82, 2.24) is 15.1 Å². The summed E-state index contributed by atoms with van der Waals surface area (Å²) in [6.45, 7) is 5.22. The molecule has 0 aromatic heterocycles. The lowest BCUT2D eigenvalue weighted by molar-refractivity contribution is 0.0904. The van der Waals surface area contributed by atoms with Gasteiger partial charge in [-0.15, -0.1) is 0 Å². The molecule has 1 aliphatic heterocycles. The molecular weight excluding hydrogens is 254 g/mol. The van der Waals surface area contributed by atoms with Gasteiger partial charge in [-0.1, -0.05) is 19.3 Å². The number of hydrogen-bond acceptors (Lipinski definition) is 3. The molecule has 0 aromatic rings. The zero-order valence-corrected chi connectivity index (χ0v) is 12.8. The minimum Gasteiger partial charge on any atom is -0.385 e. The normalized spacial score (nSPS) is 21.9. The van der Waals surface area contributed by atoms with Crippen LogP contribution in [0.15, 0.2) is 0 Å². The number of methoxy groups -OCH3 is 1. The van der Waals surface area contributed by atoms with Gasteiger partial charge in [0.1, 0.15) is 0 Å². The molecule has 20 heavy (non-hydrogen) atoms. The minimum absolute atomic E-state index is 0.0874. The second-order valence-corrected chi connectivity index (χ2v) is 5.89. The summed E-state index contributed by atoms with van der Waals surface area (Å²) < 4.78 is 4.98. The van der Waals surface area contributed by atoms with Crippen LogP contribution in [0, 0.1) is 0 Å². The molecule has 2 fully saturated rings. The molecule has 0 aromatic carbocycles. The Hall–Kier alpha value is -0.810. The average Bonchev–Trinajstić information content (AvgIpc) is 2.52. The van der Waals surface area contributed by atoms with Crippen LogP contribution >= 0.6 is 0 Å². The molecule has 0 spiro atoms. The van der Waals surface area contributed by atoms with E-state index in [2.05, 4.69) is 10.2 Å². The van der Waals surface area contributed by atoms with Gasteiger partial charge >= 0.3 is 6.03 Å². The molecule has 0 unspecified atom stereocenters. The predicted octanol–water partition coefficient (Wildman–Crippen LogP) is 1.68. The van der Waals surface area contributed by atoms with Crippen molar-refractivity contribution in [3.05, 3.63) is 0 Å². The largest absolute Gasteiger partial charge is 0.385 e. The van der Waals surface area contributed by atoms with E-state index in [0.717, 1.165) is 38.6 Å². The Bertz CT molecular complexity index is 285. The van der Waals surface area contributed by atoms with Crippen molar-refractivity contribution in [1.29, 1.82) is 0 Å². The highest BCUT2D eigenvalue weighted by Gasteiger charge is 2.26. The van der Waals surface area contributed by atoms with E-state index in [0.29, 0.717) is 13.2 Å². The molecular formula is C15H29N3O2. The molecule has 2 rings (SSSR count). The lowest BCUT2D eigenvalue weighted by Gasteiger charge is -2.40. The Labute approximate surface area is 122 Å². The van der Waals surface area contributed by atoms with Crippen LogP contribution in [0.1, 0.15) is 38.5 Å². The number of nitrogens with zero attached hydrogens (tertiary/aromatic N) is 2. The maximum absolute atomic E-state index is 12.0. The predicted molar refractivity (Wildman–Crippen MR) is 79.9 cm³/mol. The van der Waals surface area contributed by atoms with Crippen LogP contribution in [0.4, 0.5) is 4.79 Å². The first-order valence-corrected chi connectivity index (χ1v) is 8.07. The van der Waals surface area contributed by atoms with Crippen LogP contribution in [0.25, 0.3) is 0 Å². The summed E-state index contributed by atoms with van der Waals surface area (Å²) in [4.78, 5) is 16.5. The van der Waals surface area contributed by atoms with Gasteiger partial charge in [-0.3, -0.25) is 4.90 Å². The maximum Gasteiger partial charge on any atom is 0.317 e. The summed E-state index contributed by atoms with van der Waals surface area (Å²) >= 11 is 0. The first kappa shape index (κ1) is 15.6. The van der Waals surface area contributed by atoms with Crippen molar-refractivity contribution in [2.45, 2.75) is 44.6 Å². The number of carbonyl (C=O) groups is 1. The van der Waals surface area contributed by atoms with E-state index >= 15 is 0 Å². The molecule has 0 radical (unpaired) electrons. The van der Waals surface area contributed by atoms with Crippen molar-refractivity contribution >= 4 is 6.03 Å². The van der Waals surface area contributed by atoms with Crippen LogP contribution in [0.2, 0.25) is 0 Å². The number of ether oxygens (including phenoxy) is 1. The SMILES string of the molecule is COCCCNC(=O)N1CCN(C2CCCCC2)CC1. The lowest BCUT2D eigenvalue weighted by atomic mass is 9.94. The fraction of sp³-hybridized carbons (Fsp3) is 0.933. The summed E-state index contributed by atoms with van der Waals surface area (Å²) in [6, 6.07) is 0.861. The Morgan fingerprint density at radius 3 is 2.50 bits per heavy atom. The number of piperazine rings is 1. The molecule has 1 saturated carbocycles. The molecule has 1 aliphatic carbocycles. The van der Waals surface area contributed by atoms with Crippen molar-refractivity contribution in [3.8, 4) is 0 Å². The zero-order chi connectivity index (χ0) is 14.2. The molecule has 1 heterocycles. The van der Waals surface area contributed by atoms with Gasteiger partial charge in [0.2, 0.25) is 0 Å². The smallest absolute Gasteiger partial charge is 0.317 e. The van der Waals surface area contributed by atoms with Crippen molar-refractivity contribution in [2.24, 2.45) is 0 Å². The van der Waals surface area contributed by atoms with E-state index in [9.17, 15) is 4.79 Å². The highest BCUT2D eigenvalue weighted by atomic mass is 16.5. The number of hydrogen-bond donors (Lipinski definition) is 1. The van der Waals surface area contributed by atoms with E-state index in [1.54, 1.807) is 7.11 Å². The van der Waals surface area contributed by atoms with Gasteiger partial charge in [-0.25, -0.2) is 4.79 Å². The molecule has 2 aliphatic rings. The summed E-state index contributed by atoms with van der Waals surface area (Å²) in [6.07, 6.45) is 7.74. The molecule has 5 heteroatoms. The van der Waals surface area contributed by atoms with Gasteiger partial charge < -0.3 is 15.0 Å². The molecule has 0 bridgehead atoms. The second kappa shape index (κ2) is 8.47. The van der Waals surface area contributed by atoms with Gasteiger partial charge in [-0.05, 0) is 19.3 Å². The van der Waals surface area contributed by atoms with Gasteiger partial charge in [0.05, 0.1) is 0 Å². The third kappa shape index (κ3) is 4.63. The topological polar surface area (TPSA) is 44.8 Å². The van der Waals surface area contributed by atoms with Crippen molar-refractivity contribution in [2.75, 3.05) is 46.4 Å². The number of carbonyl (C=O) groups excluding carboxylic acids is 1. The van der Waals surface area contributed by atoms with E-state index < -0.39 is 0 Å². The van der Waals surface area contributed by atoms with E-state index in [1.165, 1.54) is 32.1 Å². The average molecular weight is 283 g/mol. The van der Waals surface area contributed by atoms with E-state index in [1.807, 2.05) is 4.90 Å². The number of amides is 2. The Balaban J connectivity index is 1.64. The van der Waals surface area contributed by atoms with Crippen LogP contribution in [-0.4, -0.2) is 68.3 Å². The standard InChI is InChI=1S/C15H29N3O2/c1-20-13-5-8-16-15(19)18-11-9-17(10-12-18)14-6-3-2-4-7-14/h14H,2-13H2,1H3,(H,16,19). The van der Waals surface area contributed by atoms with E-state index in [-0.39, 0.29) is 6.03 Å².